The first kappa shape index (κ1) is 20.1. The second-order valence-electron chi connectivity index (χ2n) is 7.41. The van der Waals surface area contributed by atoms with Crippen molar-refractivity contribution in [2.75, 3.05) is 7.11 Å². The molecule has 0 unspecified atom stereocenters. The number of methoxy groups -OCH3 is 1. The van der Waals surface area contributed by atoms with Gasteiger partial charge in [-0.3, -0.25) is 0 Å². The summed E-state index contributed by atoms with van der Waals surface area (Å²) in [7, 11) is 1.29. The van der Waals surface area contributed by atoms with Gasteiger partial charge >= 0.3 is 0 Å². The van der Waals surface area contributed by atoms with Crippen LogP contribution < -0.4 is 4.74 Å². The molecule has 0 atom stereocenters. The van der Waals surface area contributed by atoms with E-state index < -0.39 is 28.8 Å². The van der Waals surface area contributed by atoms with Gasteiger partial charge in [0.15, 0.2) is 0 Å². The van der Waals surface area contributed by atoms with Crippen molar-refractivity contribution in [2.24, 2.45) is 0 Å². The van der Waals surface area contributed by atoms with Gasteiger partial charge in [0.2, 0.25) is 0 Å². The Morgan fingerprint density at radius 2 is 1.03 bits per heavy atom. The molecule has 0 radical (unpaired) electrons. The number of rotatable bonds is 3. The predicted molar refractivity (Wildman–Crippen MR) is 119 cm³/mol. The Bertz CT molecular complexity index is 1470. The molecule has 0 aliphatic heterocycles. The zero-order valence-electron chi connectivity index (χ0n) is 16.9. The van der Waals surface area contributed by atoms with Crippen molar-refractivity contribution in [2.45, 2.75) is 0 Å². The summed E-state index contributed by atoms with van der Waals surface area (Å²) >= 11 is 0. The van der Waals surface area contributed by atoms with Crippen molar-refractivity contribution in [3.05, 3.63) is 102 Å². The van der Waals surface area contributed by atoms with E-state index in [1.54, 1.807) is 48.5 Å². The lowest BCUT2D eigenvalue weighted by Gasteiger charge is -2.19. The number of fused-ring (bicyclic) bond motifs is 2. The quantitative estimate of drug-likeness (QED) is 0.208. The van der Waals surface area contributed by atoms with Gasteiger partial charge in [0.05, 0.1) is 12.7 Å². The molecule has 0 spiro atoms. The van der Waals surface area contributed by atoms with Crippen molar-refractivity contribution >= 4 is 21.5 Å². The monoisotopic (exact) mass is 432 g/mol. The molecule has 5 heteroatoms. The second-order valence-corrected chi connectivity index (χ2v) is 7.41. The molecule has 158 valence electrons. The molecule has 5 rings (SSSR count). The molecular formula is C27H16F4O. The molecule has 0 saturated heterocycles. The van der Waals surface area contributed by atoms with Crippen LogP contribution in [-0.2, 0) is 0 Å². The Morgan fingerprint density at radius 3 is 1.59 bits per heavy atom. The molecule has 5 aromatic carbocycles. The lowest BCUT2D eigenvalue weighted by atomic mass is 9.85. The van der Waals surface area contributed by atoms with Crippen molar-refractivity contribution in [1.29, 1.82) is 0 Å². The summed E-state index contributed by atoms with van der Waals surface area (Å²) in [5, 5.41) is 0.761. The van der Waals surface area contributed by atoms with Crippen LogP contribution in [0.5, 0.6) is 5.75 Å². The fraction of sp³-hybridized carbons (Fsp3) is 0.0370. The van der Waals surface area contributed by atoms with Crippen LogP contribution in [0.3, 0.4) is 0 Å². The first-order chi connectivity index (χ1) is 15.5. The molecule has 0 aliphatic rings. The van der Waals surface area contributed by atoms with Crippen molar-refractivity contribution in [3.63, 3.8) is 0 Å². The normalized spacial score (nSPS) is 11.3. The van der Waals surface area contributed by atoms with Gasteiger partial charge in [-0.2, -0.15) is 0 Å². The fourth-order valence-corrected chi connectivity index (χ4v) is 4.30. The van der Waals surface area contributed by atoms with E-state index in [2.05, 4.69) is 0 Å². The smallest absolute Gasteiger partial charge is 0.137 e. The highest BCUT2D eigenvalue weighted by molar-refractivity contribution is 6.21. The van der Waals surface area contributed by atoms with Gasteiger partial charge in [-0.25, -0.2) is 17.6 Å². The first-order valence-electron chi connectivity index (χ1n) is 9.92. The average molecular weight is 432 g/mol. The van der Waals surface area contributed by atoms with Crippen LogP contribution in [0, 0.1) is 23.3 Å². The van der Waals surface area contributed by atoms with Crippen molar-refractivity contribution in [3.8, 4) is 28.0 Å². The molecule has 32 heavy (non-hydrogen) atoms. The van der Waals surface area contributed by atoms with E-state index in [0.717, 1.165) is 24.3 Å². The Morgan fingerprint density at radius 1 is 0.531 bits per heavy atom. The van der Waals surface area contributed by atoms with Gasteiger partial charge in [-0.1, -0.05) is 54.6 Å². The summed E-state index contributed by atoms with van der Waals surface area (Å²) in [6.07, 6.45) is 0. The summed E-state index contributed by atoms with van der Waals surface area (Å²) in [4.78, 5) is 0. The fourth-order valence-electron chi connectivity index (χ4n) is 4.30. The topological polar surface area (TPSA) is 9.23 Å². The second kappa shape index (κ2) is 7.68. The number of hydrogen-bond donors (Lipinski definition) is 0. The van der Waals surface area contributed by atoms with E-state index in [9.17, 15) is 0 Å². The molecule has 5 aromatic rings. The van der Waals surface area contributed by atoms with Crippen LogP contribution in [0.15, 0.2) is 78.9 Å². The summed E-state index contributed by atoms with van der Waals surface area (Å²) in [5.74, 6) is -3.31. The molecule has 0 heterocycles. The van der Waals surface area contributed by atoms with Crippen LogP contribution in [0.4, 0.5) is 17.6 Å². The molecule has 0 fully saturated rings. The van der Waals surface area contributed by atoms with E-state index in [4.69, 9.17) is 4.74 Å². The molecule has 0 N–H and O–H groups in total. The Labute approximate surface area is 181 Å². The van der Waals surface area contributed by atoms with Gasteiger partial charge in [0.1, 0.15) is 29.0 Å². The molecule has 0 aliphatic carbocycles. The minimum Gasteiger partial charge on any atom is -0.497 e. The zero-order valence-corrected chi connectivity index (χ0v) is 16.9. The SMILES string of the molecule is COc1cc(F)c(-c2c3ccccc3c(-c3ccccc3)c3c(F)ccc(F)c23)c(F)c1. The van der Waals surface area contributed by atoms with Crippen LogP contribution in [0.1, 0.15) is 0 Å². The third-order valence-corrected chi connectivity index (χ3v) is 5.63. The predicted octanol–water partition coefficient (Wildman–Crippen LogP) is 7.89. The Balaban J connectivity index is 2.07. The van der Waals surface area contributed by atoms with Gasteiger partial charge in [0, 0.05) is 34.0 Å². The van der Waals surface area contributed by atoms with Crippen LogP contribution in [0.25, 0.3) is 43.8 Å². The summed E-state index contributed by atoms with van der Waals surface area (Å²) < 4.78 is 65.9. The molecule has 1 nitrogen and oxygen atoms in total. The van der Waals surface area contributed by atoms with E-state index in [-0.39, 0.29) is 22.1 Å². The Kier molecular flexibility index (Phi) is 4.82. The number of halogens is 4. The molecule has 0 amide bonds. The maximum absolute atomic E-state index is 15.3. The molecule has 0 aromatic heterocycles. The maximum atomic E-state index is 15.3. The minimum atomic E-state index is -0.926. The lowest BCUT2D eigenvalue weighted by molar-refractivity contribution is 0.407. The van der Waals surface area contributed by atoms with Gasteiger partial charge in [0.25, 0.3) is 0 Å². The van der Waals surface area contributed by atoms with E-state index >= 15 is 17.6 Å². The standard InChI is InChI=1S/C27H16F4O/c1-32-16-13-21(30)25(22(31)14-16)24-18-10-6-5-9-17(18)23(15-7-3-2-4-8-15)26-19(28)11-12-20(29)27(24)26/h2-14H,1H3. The summed E-state index contributed by atoms with van der Waals surface area (Å²) in [6.45, 7) is 0. The van der Waals surface area contributed by atoms with E-state index in [1.807, 2.05) is 6.07 Å². The lowest BCUT2D eigenvalue weighted by Crippen LogP contribution is -1.99. The van der Waals surface area contributed by atoms with Gasteiger partial charge in [-0.05, 0) is 28.5 Å². The van der Waals surface area contributed by atoms with E-state index in [0.29, 0.717) is 21.9 Å². The number of hydrogen-bond acceptors (Lipinski definition) is 1. The molecule has 0 saturated carbocycles. The third kappa shape index (κ3) is 3.01. The first-order valence-corrected chi connectivity index (χ1v) is 9.92. The zero-order chi connectivity index (χ0) is 22.4. The number of ether oxygens (including phenoxy) is 1. The van der Waals surface area contributed by atoms with Crippen LogP contribution >= 0.6 is 0 Å². The highest BCUT2D eigenvalue weighted by Gasteiger charge is 2.25. The third-order valence-electron chi connectivity index (χ3n) is 5.63. The Hall–Kier alpha value is -3.86. The highest BCUT2D eigenvalue weighted by Crippen LogP contribution is 2.46. The summed E-state index contributed by atoms with van der Waals surface area (Å²) in [5.41, 5.74) is 0.660. The molecule has 0 bridgehead atoms. The maximum Gasteiger partial charge on any atom is 0.137 e. The number of benzene rings is 5. The van der Waals surface area contributed by atoms with Gasteiger partial charge < -0.3 is 4.74 Å². The molecular weight excluding hydrogens is 416 g/mol. The van der Waals surface area contributed by atoms with E-state index in [1.165, 1.54) is 7.11 Å². The summed E-state index contributed by atoms with van der Waals surface area (Å²) in [6, 6.07) is 19.9. The van der Waals surface area contributed by atoms with Crippen LogP contribution in [0.2, 0.25) is 0 Å². The average Bonchev–Trinajstić information content (AvgIpc) is 2.81. The highest BCUT2D eigenvalue weighted by atomic mass is 19.1. The minimum absolute atomic E-state index is 0.00933. The van der Waals surface area contributed by atoms with Crippen molar-refractivity contribution in [1.82, 2.24) is 0 Å². The van der Waals surface area contributed by atoms with Gasteiger partial charge in [-0.15, -0.1) is 0 Å². The van der Waals surface area contributed by atoms with Crippen molar-refractivity contribution < 1.29 is 22.3 Å². The largest absolute Gasteiger partial charge is 0.497 e. The van der Waals surface area contributed by atoms with Crippen LogP contribution in [-0.4, -0.2) is 7.11 Å².